The van der Waals surface area contributed by atoms with E-state index in [0.717, 1.165) is 37.2 Å². The Bertz CT molecular complexity index is 615. The van der Waals surface area contributed by atoms with Crippen LogP contribution in [0.5, 0.6) is 0 Å². The van der Waals surface area contributed by atoms with Crippen LogP contribution in [0.15, 0.2) is 41.2 Å². The van der Waals surface area contributed by atoms with Gasteiger partial charge in [0.15, 0.2) is 0 Å². The molecule has 1 aromatic rings. The molecule has 0 aromatic heterocycles. The zero-order valence-corrected chi connectivity index (χ0v) is 13.1. The largest absolute Gasteiger partial charge is 0.359 e. The molecule has 0 aliphatic carbocycles. The third kappa shape index (κ3) is 3.04. The van der Waals surface area contributed by atoms with Gasteiger partial charge >= 0.3 is 0 Å². The number of hydrogen-bond donors (Lipinski definition) is 1. The molecule has 1 aromatic carbocycles. The van der Waals surface area contributed by atoms with E-state index in [0.29, 0.717) is 11.7 Å². The van der Waals surface area contributed by atoms with Gasteiger partial charge in [-0.25, -0.2) is 4.99 Å². The monoisotopic (exact) mass is 298 g/mol. The number of aliphatic imine (C=N–C) groups is 1. The number of para-hydroxylation sites is 1. The topological polar surface area (TPSA) is 47.9 Å². The summed E-state index contributed by atoms with van der Waals surface area (Å²) in [6, 6.07) is 8.18. The van der Waals surface area contributed by atoms with Crippen molar-refractivity contribution < 1.29 is 4.79 Å². The fraction of sp³-hybridized carbons (Fsp3) is 0.412. The van der Waals surface area contributed by atoms with Gasteiger partial charge in [0.25, 0.3) is 5.91 Å². The minimum absolute atomic E-state index is 0.0221. The first-order valence-electron chi connectivity index (χ1n) is 7.70. The second-order valence-electron chi connectivity index (χ2n) is 5.97. The Morgan fingerprint density at radius 2 is 2.05 bits per heavy atom. The number of benzene rings is 1. The van der Waals surface area contributed by atoms with Crippen molar-refractivity contribution in [1.29, 1.82) is 0 Å². The van der Waals surface area contributed by atoms with Crippen LogP contribution in [0, 0.1) is 0 Å². The van der Waals surface area contributed by atoms with E-state index in [-0.39, 0.29) is 5.91 Å². The molecular formula is C17H22N4O. The number of carbonyl (C=O) groups excluding carboxylic acids is 1. The van der Waals surface area contributed by atoms with E-state index in [1.165, 1.54) is 0 Å². The molecule has 5 nitrogen and oxygen atoms in total. The van der Waals surface area contributed by atoms with E-state index in [9.17, 15) is 4.79 Å². The van der Waals surface area contributed by atoms with Crippen molar-refractivity contribution in [2.24, 2.45) is 4.99 Å². The molecule has 0 radical (unpaired) electrons. The highest BCUT2D eigenvalue weighted by Crippen LogP contribution is 2.20. The molecule has 1 N–H and O–H groups in total. The first-order valence-corrected chi connectivity index (χ1v) is 7.70. The van der Waals surface area contributed by atoms with Crippen LogP contribution >= 0.6 is 0 Å². The number of hydrogen-bond acceptors (Lipinski definition) is 4. The van der Waals surface area contributed by atoms with Gasteiger partial charge in [-0.15, -0.1) is 0 Å². The molecule has 116 valence electrons. The minimum atomic E-state index is -0.0221. The molecule has 0 unspecified atom stereocenters. The summed E-state index contributed by atoms with van der Waals surface area (Å²) in [5.41, 5.74) is 2.41. The van der Waals surface area contributed by atoms with Gasteiger partial charge in [-0.2, -0.15) is 0 Å². The van der Waals surface area contributed by atoms with Crippen molar-refractivity contribution in [3.63, 3.8) is 0 Å². The van der Waals surface area contributed by atoms with Crippen LogP contribution in [-0.4, -0.2) is 55.1 Å². The quantitative estimate of drug-likeness (QED) is 0.907. The zero-order chi connectivity index (χ0) is 15.5. The van der Waals surface area contributed by atoms with Gasteiger partial charge in [0.2, 0.25) is 0 Å². The lowest BCUT2D eigenvalue weighted by atomic mass is 10.0. The maximum atomic E-state index is 12.7. The Hall–Kier alpha value is -2.14. The maximum Gasteiger partial charge on any atom is 0.273 e. The van der Waals surface area contributed by atoms with E-state index in [1.807, 2.05) is 36.2 Å². The van der Waals surface area contributed by atoms with E-state index >= 15 is 0 Å². The molecule has 2 heterocycles. The van der Waals surface area contributed by atoms with Crippen LogP contribution in [0.4, 0.5) is 5.69 Å². The number of rotatable bonds is 2. The number of anilines is 1. The Labute approximate surface area is 131 Å². The lowest BCUT2D eigenvalue weighted by molar-refractivity contribution is -0.128. The third-order valence-electron chi connectivity index (χ3n) is 4.44. The molecule has 0 bridgehead atoms. The summed E-state index contributed by atoms with van der Waals surface area (Å²) in [5.74, 6) is -0.0221. The molecule has 1 saturated heterocycles. The number of fused-ring (bicyclic) bond motifs is 1. The van der Waals surface area contributed by atoms with Crippen molar-refractivity contribution in [1.82, 2.24) is 9.80 Å². The number of nitrogens with one attached hydrogen (secondary N) is 1. The van der Waals surface area contributed by atoms with Crippen molar-refractivity contribution in [3.8, 4) is 0 Å². The zero-order valence-electron chi connectivity index (χ0n) is 13.1. The van der Waals surface area contributed by atoms with Crippen LogP contribution in [0.3, 0.4) is 0 Å². The Morgan fingerprint density at radius 3 is 2.82 bits per heavy atom. The van der Waals surface area contributed by atoms with E-state index in [2.05, 4.69) is 22.3 Å². The summed E-state index contributed by atoms with van der Waals surface area (Å²) in [5, 5.41) is 3.18. The summed E-state index contributed by atoms with van der Waals surface area (Å²) < 4.78 is 0. The second kappa shape index (κ2) is 6.32. The molecule has 3 rings (SSSR count). The number of nitrogens with zero attached hydrogens (tertiary/aromatic N) is 3. The molecular weight excluding hydrogens is 276 g/mol. The number of amides is 1. The van der Waals surface area contributed by atoms with Gasteiger partial charge in [-0.05, 0) is 39.0 Å². The van der Waals surface area contributed by atoms with Crippen molar-refractivity contribution in [3.05, 3.63) is 41.7 Å². The van der Waals surface area contributed by atoms with Crippen molar-refractivity contribution in [2.75, 3.05) is 32.5 Å². The number of carbonyl (C=O) groups is 1. The lowest BCUT2D eigenvalue weighted by Crippen LogP contribution is -2.44. The number of likely N-dealkylation sites (N-methyl/N-ethyl adjacent to an activating group) is 1. The first-order chi connectivity index (χ1) is 10.6. The smallest absolute Gasteiger partial charge is 0.273 e. The number of likely N-dealkylation sites (tertiary alicyclic amines) is 1. The van der Waals surface area contributed by atoms with E-state index < -0.39 is 0 Å². The average Bonchev–Trinajstić information content (AvgIpc) is 2.77. The maximum absolute atomic E-state index is 12.7. The molecule has 1 fully saturated rings. The van der Waals surface area contributed by atoms with Crippen LogP contribution in [-0.2, 0) is 4.79 Å². The molecule has 0 saturated carbocycles. The second-order valence-corrected chi connectivity index (χ2v) is 5.97. The van der Waals surface area contributed by atoms with Crippen LogP contribution in [0.25, 0.3) is 0 Å². The van der Waals surface area contributed by atoms with Gasteiger partial charge in [0.1, 0.15) is 5.70 Å². The van der Waals surface area contributed by atoms with Gasteiger partial charge in [-0.3, -0.25) is 4.79 Å². The SMILES string of the molecule is CN1CCC(N(C)C(=O)C2=CNc3ccccc3C=N2)CC1. The standard InChI is InChI=1S/C17H22N4O/c1-20-9-7-14(8-10-20)21(2)17(22)16-12-19-15-6-4-3-5-13(15)11-18-16/h3-6,11-12,14,19H,7-10H2,1-2H3. The van der Waals surface area contributed by atoms with Crippen LogP contribution < -0.4 is 5.32 Å². The van der Waals surface area contributed by atoms with E-state index in [4.69, 9.17) is 0 Å². The highest BCUT2D eigenvalue weighted by atomic mass is 16.2. The minimum Gasteiger partial charge on any atom is -0.359 e. The van der Waals surface area contributed by atoms with E-state index in [1.54, 1.807) is 12.4 Å². The van der Waals surface area contributed by atoms with Crippen LogP contribution in [0.1, 0.15) is 18.4 Å². The summed E-state index contributed by atoms with van der Waals surface area (Å²) in [6.07, 6.45) is 5.49. The van der Waals surface area contributed by atoms with Gasteiger partial charge < -0.3 is 15.1 Å². The summed E-state index contributed by atoms with van der Waals surface area (Å²) in [7, 11) is 4.00. The van der Waals surface area contributed by atoms with Crippen molar-refractivity contribution >= 4 is 17.8 Å². The summed E-state index contributed by atoms with van der Waals surface area (Å²) in [6.45, 7) is 2.07. The molecule has 1 amide bonds. The molecule has 5 heteroatoms. The fourth-order valence-corrected chi connectivity index (χ4v) is 2.91. The van der Waals surface area contributed by atoms with Crippen molar-refractivity contribution in [2.45, 2.75) is 18.9 Å². The molecule has 2 aliphatic heterocycles. The Balaban J connectivity index is 1.71. The highest BCUT2D eigenvalue weighted by Gasteiger charge is 2.26. The van der Waals surface area contributed by atoms with Gasteiger partial charge in [0, 0.05) is 36.8 Å². The van der Waals surface area contributed by atoms with Gasteiger partial charge in [0.05, 0.1) is 0 Å². The highest BCUT2D eigenvalue weighted by molar-refractivity contribution is 5.99. The molecule has 0 atom stereocenters. The molecule has 2 aliphatic rings. The predicted octanol–water partition coefficient (Wildman–Crippen LogP) is 1.92. The summed E-state index contributed by atoms with van der Waals surface area (Å²) >= 11 is 0. The summed E-state index contributed by atoms with van der Waals surface area (Å²) in [4.78, 5) is 21.2. The molecule has 22 heavy (non-hydrogen) atoms. The Kier molecular flexibility index (Phi) is 4.24. The van der Waals surface area contributed by atoms with Crippen LogP contribution in [0.2, 0.25) is 0 Å². The number of piperidine rings is 1. The first kappa shape index (κ1) is 14.8. The third-order valence-corrected chi connectivity index (χ3v) is 4.44. The molecule has 0 spiro atoms. The van der Waals surface area contributed by atoms with Gasteiger partial charge in [-0.1, -0.05) is 18.2 Å². The predicted molar refractivity (Wildman–Crippen MR) is 89.0 cm³/mol. The lowest BCUT2D eigenvalue weighted by Gasteiger charge is -2.35. The Morgan fingerprint density at radius 1 is 1.32 bits per heavy atom. The average molecular weight is 298 g/mol. The normalized spacial score (nSPS) is 18.9. The fourth-order valence-electron chi connectivity index (χ4n) is 2.91.